The third-order valence-corrected chi connectivity index (χ3v) is 4.09. The highest BCUT2D eigenvalue weighted by atomic mass is 32.1. The van der Waals surface area contributed by atoms with Gasteiger partial charge in [-0.05, 0) is 35.6 Å². The van der Waals surface area contributed by atoms with E-state index in [1.807, 2.05) is 30.6 Å². The van der Waals surface area contributed by atoms with Crippen molar-refractivity contribution in [3.8, 4) is 5.75 Å². The summed E-state index contributed by atoms with van der Waals surface area (Å²) in [6.45, 7) is 2.50. The van der Waals surface area contributed by atoms with Crippen LogP contribution in [0.15, 0.2) is 35.7 Å². The average Bonchev–Trinajstić information content (AvgIpc) is 3.00. The van der Waals surface area contributed by atoms with Crippen molar-refractivity contribution in [3.63, 3.8) is 0 Å². The second-order valence-electron chi connectivity index (χ2n) is 4.67. The third-order valence-electron chi connectivity index (χ3n) is 3.28. The minimum atomic E-state index is 0.371. The van der Waals surface area contributed by atoms with Crippen LogP contribution in [-0.4, -0.2) is 17.0 Å². The molecule has 0 atom stereocenters. The van der Waals surface area contributed by atoms with Crippen molar-refractivity contribution in [2.75, 3.05) is 12.4 Å². The van der Waals surface area contributed by atoms with Gasteiger partial charge < -0.3 is 10.1 Å². The van der Waals surface area contributed by atoms with Crippen LogP contribution in [0.2, 0.25) is 0 Å². The average molecular weight is 299 g/mol. The monoisotopic (exact) mass is 299 g/mol. The number of rotatable bonds is 5. The molecule has 4 nitrogen and oxygen atoms in total. The van der Waals surface area contributed by atoms with Crippen LogP contribution >= 0.6 is 11.3 Å². The Bertz CT molecular complexity index is 754. The molecule has 0 bridgehead atoms. The molecule has 21 heavy (non-hydrogen) atoms. The topological polar surface area (TPSA) is 47.0 Å². The van der Waals surface area contributed by atoms with E-state index in [9.17, 15) is 0 Å². The van der Waals surface area contributed by atoms with Gasteiger partial charge in [0, 0.05) is 7.05 Å². The molecule has 108 valence electrons. The molecule has 3 aromatic rings. The van der Waals surface area contributed by atoms with Crippen molar-refractivity contribution in [3.05, 3.63) is 47.1 Å². The Labute approximate surface area is 127 Å². The first-order valence-electron chi connectivity index (χ1n) is 6.93. The van der Waals surface area contributed by atoms with Crippen LogP contribution in [0.5, 0.6) is 5.75 Å². The van der Waals surface area contributed by atoms with E-state index in [1.54, 1.807) is 11.3 Å². The molecule has 0 amide bonds. The van der Waals surface area contributed by atoms with Crippen molar-refractivity contribution in [1.82, 2.24) is 9.97 Å². The van der Waals surface area contributed by atoms with Gasteiger partial charge in [0.2, 0.25) is 0 Å². The maximum Gasteiger partial charge on any atom is 0.169 e. The molecule has 0 aliphatic rings. The second kappa shape index (κ2) is 6.10. The van der Waals surface area contributed by atoms with Crippen LogP contribution in [0, 0.1) is 0 Å². The van der Waals surface area contributed by atoms with E-state index in [-0.39, 0.29) is 0 Å². The van der Waals surface area contributed by atoms with Crippen molar-refractivity contribution < 1.29 is 4.74 Å². The molecule has 0 aliphatic heterocycles. The van der Waals surface area contributed by atoms with Gasteiger partial charge >= 0.3 is 0 Å². The van der Waals surface area contributed by atoms with Crippen LogP contribution in [0.25, 0.3) is 10.2 Å². The van der Waals surface area contributed by atoms with E-state index in [0.717, 1.165) is 28.2 Å². The summed E-state index contributed by atoms with van der Waals surface area (Å²) in [5.74, 6) is 2.40. The van der Waals surface area contributed by atoms with E-state index < -0.39 is 0 Å². The number of anilines is 1. The summed E-state index contributed by atoms with van der Waals surface area (Å²) >= 11 is 1.61. The molecule has 0 radical (unpaired) electrons. The van der Waals surface area contributed by atoms with Crippen LogP contribution < -0.4 is 10.1 Å². The van der Waals surface area contributed by atoms with Crippen molar-refractivity contribution in [2.45, 2.75) is 20.0 Å². The number of nitrogens with one attached hydrogen (secondary N) is 1. The lowest BCUT2D eigenvalue weighted by Crippen LogP contribution is -2.04. The van der Waals surface area contributed by atoms with Crippen molar-refractivity contribution in [1.29, 1.82) is 0 Å². The summed E-state index contributed by atoms with van der Waals surface area (Å²) in [6.07, 6.45) is 0.999. The summed E-state index contributed by atoms with van der Waals surface area (Å²) in [5.41, 5.74) is 1.26. The van der Waals surface area contributed by atoms with Gasteiger partial charge in [0.1, 0.15) is 23.0 Å². The van der Waals surface area contributed by atoms with Crippen molar-refractivity contribution >= 4 is 27.4 Å². The lowest BCUT2D eigenvalue weighted by molar-refractivity contribution is 0.296. The molecule has 0 spiro atoms. The van der Waals surface area contributed by atoms with Crippen LogP contribution in [0.4, 0.5) is 5.82 Å². The molecule has 0 unspecified atom stereocenters. The van der Waals surface area contributed by atoms with Gasteiger partial charge in [-0.2, -0.15) is 0 Å². The van der Waals surface area contributed by atoms with Gasteiger partial charge in [-0.25, -0.2) is 9.97 Å². The zero-order chi connectivity index (χ0) is 14.7. The predicted molar refractivity (Wildman–Crippen MR) is 87.1 cm³/mol. The van der Waals surface area contributed by atoms with Gasteiger partial charge in [-0.3, -0.25) is 0 Å². The molecule has 1 aromatic carbocycles. The lowest BCUT2D eigenvalue weighted by Gasteiger charge is -2.08. The summed E-state index contributed by atoms with van der Waals surface area (Å²) in [5, 5.41) is 6.19. The van der Waals surface area contributed by atoms with Crippen LogP contribution in [0.1, 0.15) is 18.3 Å². The Morgan fingerprint density at radius 2 is 2.14 bits per heavy atom. The largest absolute Gasteiger partial charge is 0.486 e. The molecule has 0 fully saturated rings. The zero-order valence-electron chi connectivity index (χ0n) is 12.1. The van der Waals surface area contributed by atoms with E-state index >= 15 is 0 Å². The third kappa shape index (κ3) is 2.97. The normalized spacial score (nSPS) is 10.8. The fourth-order valence-electron chi connectivity index (χ4n) is 2.16. The Hall–Kier alpha value is -2.14. The fourth-order valence-corrected chi connectivity index (χ4v) is 2.94. The first-order valence-corrected chi connectivity index (χ1v) is 7.81. The van der Waals surface area contributed by atoms with E-state index in [0.29, 0.717) is 12.4 Å². The first-order chi connectivity index (χ1) is 10.3. The summed E-state index contributed by atoms with van der Waals surface area (Å²) in [7, 11) is 1.87. The maximum atomic E-state index is 5.81. The molecule has 0 aliphatic carbocycles. The molecule has 2 heterocycles. The summed E-state index contributed by atoms with van der Waals surface area (Å²) < 4.78 is 5.81. The van der Waals surface area contributed by atoms with E-state index in [4.69, 9.17) is 4.74 Å². The van der Waals surface area contributed by atoms with Crippen LogP contribution in [-0.2, 0) is 13.0 Å². The minimum Gasteiger partial charge on any atom is -0.486 e. The second-order valence-corrected chi connectivity index (χ2v) is 5.56. The lowest BCUT2D eigenvalue weighted by atomic mass is 10.2. The molecule has 0 saturated heterocycles. The summed E-state index contributed by atoms with van der Waals surface area (Å²) in [6, 6.07) is 10.2. The maximum absolute atomic E-state index is 5.81. The number of aryl methyl sites for hydroxylation is 1. The molecule has 5 heteroatoms. The number of fused-ring (bicyclic) bond motifs is 1. The number of nitrogens with zero attached hydrogens (tertiary/aromatic N) is 2. The number of aromatic nitrogens is 2. The Balaban J connectivity index is 1.81. The van der Waals surface area contributed by atoms with Crippen molar-refractivity contribution in [2.24, 2.45) is 0 Å². The fraction of sp³-hybridized carbons (Fsp3) is 0.250. The number of hydrogen-bond acceptors (Lipinski definition) is 5. The Morgan fingerprint density at radius 3 is 2.95 bits per heavy atom. The first kappa shape index (κ1) is 13.8. The smallest absolute Gasteiger partial charge is 0.169 e. The molecule has 3 rings (SSSR count). The number of hydrogen-bond donors (Lipinski definition) is 1. The number of ether oxygens (including phenoxy) is 1. The van der Waals surface area contributed by atoms with Crippen LogP contribution in [0.3, 0.4) is 0 Å². The van der Waals surface area contributed by atoms with E-state index in [1.165, 1.54) is 5.56 Å². The van der Waals surface area contributed by atoms with Gasteiger partial charge in [0.25, 0.3) is 0 Å². The van der Waals surface area contributed by atoms with Gasteiger partial charge in [0.05, 0.1) is 5.39 Å². The molecular weight excluding hydrogens is 282 g/mol. The molecular formula is C16H17N3OS. The summed E-state index contributed by atoms with van der Waals surface area (Å²) in [4.78, 5) is 10.0. The highest BCUT2D eigenvalue weighted by Crippen LogP contribution is 2.25. The SMILES string of the molecule is CCc1cccc(OCc2nc(NC)c3ccsc3n2)c1. The minimum absolute atomic E-state index is 0.371. The van der Waals surface area contributed by atoms with Gasteiger partial charge in [-0.15, -0.1) is 11.3 Å². The molecule has 2 aromatic heterocycles. The predicted octanol–water partition coefficient (Wildman–Crippen LogP) is 3.87. The number of benzene rings is 1. The highest BCUT2D eigenvalue weighted by Gasteiger charge is 2.08. The van der Waals surface area contributed by atoms with E-state index in [2.05, 4.69) is 34.3 Å². The quantitative estimate of drug-likeness (QED) is 0.777. The van der Waals surface area contributed by atoms with Gasteiger partial charge in [0.15, 0.2) is 5.82 Å². The highest BCUT2D eigenvalue weighted by molar-refractivity contribution is 7.16. The van der Waals surface area contributed by atoms with Gasteiger partial charge in [-0.1, -0.05) is 19.1 Å². The number of thiophene rings is 1. The standard InChI is InChI=1S/C16H17N3OS/c1-3-11-5-4-6-12(9-11)20-10-14-18-15(17-2)13-7-8-21-16(13)19-14/h4-9H,3,10H2,1-2H3,(H,17,18,19). The Morgan fingerprint density at radius 1 is 1.24 bits per heavy atom. The molecule has 1 N–H and O–H groups in total. The molecule has 0 saturated carbocycles. The Kier molecular flexibility index (Phi) is 4.01. The zero-order valence-corrected chi connectivity index (χ0v) is 12.9.